The highest BCUT2D eigenvalue weighted by Gasteiger charge is 2.19. The minimum absolute atomic E-state index is 0.00908. The van der Waals surface area contributed by atoms with Gasteiger partial charge in [-0.25, -0.2) is 4.79 Å². The fourth-order valence-corrected chi connectivity index (χ4v) is 2.36. The molecule has 0 bridgehead atoms. The number of aryl methyl sites for hydroxylation is 1. The van der Waals surface area contributed by atoms with Crippen LogP contribution >= 0.6 is 0 Å². The lowest BCUT2D eigenvalue weighted by molar-refractivity contribution is -0.385. The Kier molecular flexibility index (Phi) is 6.00. The Balaban J connectivity index is 2.19. The lowest BCUT2D eigenvalue weighted by Gasteiger charge is -2.13. The summed E-state index contributed by atoms with van der Waals surface area (Å²) in [6.07, 6.45) is 0. The highest BCUT2D eigenvalue weighted by molar-refractivity contribution is 5.90. The van der Waals surface area contributed by atoms with Gasteiger partial charge in [-0.2, -0.15) is 0 Å². The predicted octanol–water partition coefficient (Wildman–Crippen LogP) is 3.29. The van der Waals surface area contributed by atoms with E-state index in [2.05, 4.69) is 0 Å². The van der Waals surface area contributed by atoms with Crippen LogP contribution < -0.4 is 14.2 Å². The number of carbonyl (C=O) groups is 1. The first-order chi connectivity index (χ1) is 12.4. The average molecular weight is 361 g/mol. The number of esters is 1. The zero-order valence-electron chi connectivity index (χ0n) is 14.9. The van der Waals surface area contributed by atoms with Crippen LogP contribution in [0.1, 0.15) is 21.5 Å². The van der Waals surface area contributed by atoms with Crippen LogP contribution in [-0.4, -0.2) is 32.2 Å². The first-order valence-corrected chi connectivity index (χ1v) is 7.62. The Morgan fingerprint density at radius 1 is 1.00 bits per heavy atom. The van der Waals surface area contributed by atoms with Crippen molar-refractivity contribution in [3.8, 4) is 17.2 Å². The van der Waals surface area contributed by atoms with Crippen molar-refractivity contribution < 1.29 is 28.7 Å². The topological polar surface area (TPSA) is 97.1 Å². The molecule has 0 atom stereocenters. The van der Waals surface area contributed by atoms with Gasteiger partial charge in [0.05, 0.1) is 31.8 Å². The standard InChI is InChI=1S/C18H19NO7/c1-11-7-16(24-3)17(25-4)9-13(11)10-26-18(20)12-5-6-15(23-2)14(8-12)19(21)22/h5-9H,10H2,1-4H3. The van der Waals surface area contributed by atoms with Gasteiger partial charge >= 0.3 is 11.7 Å². The van der Waals surface area contributed by atoms with Gasteiger partial charge in [0.15, 0.2) is 17.2 Å². The van der Waals surface area contributed by atoms with E-state index in [9.17, 15) is 14.9 Å². The number of carbonyl (C=O) groups excluding carboxylic acids is 1. The molecule has 2 aromatic carbocycles. The molecule has 0 aliphatic carbocycles. The van der Waals surface area contributed by atoms with Crippen molar-refractivity contribution in [1.82, 2.24) is 0 Å². The average Bonchev–Trinajstić information content (AvgIpc) is 2.65. The summed E-state index contributed by atoms with van der Waals surface area (Å²) < 4.78 is 20.6. The molecule has 0 spiro atoms. The molecule has 0 saturated carbocycles. The SMILES string of the molecule is COc1cc(C)c(COC(=O)c2ccc(OC)c([N+](=O)[O-])c2)cc1OC. The molecule has 0 heterocycles. The quantitative estimate of drug-likeness (QED) is 0.424. The molecule has 8 heteroatoms. The molecule has 0 saturated heterocycles. The van der Waals surface area contributed by atoms with Crippen molar-refractivity contribution >= 4 is 11.7 Å². The van der Waals surface area contributed by atoms with Crippen molar-refractivity contribution in [3.05, 3.63) is 57.1 Å². The normalized spacial score (nSPS) is 10.2. The smallest absolute Gasteiger partial charge is 0.338 e. The van der Waals surface area contributed by atoms with Gasteiger partial charge in [0.2, 0.25) is 0 Å². The minimum atomic E-state index is -0.676. The molecule has 0 amide bonds. The van der Waals surface area contributed by atoms with Gasteiger partial charge < -0.3 is 18.9 Å². The summed E-state index contributed by atoms with van der Waals surface area (Å²) >= 11 is 0. The fourth-order valence-electron chi connectivity index (χ4n) is 2.36. The first-order valence-electron chi connectivity index (χ1n) is 7.62. The summed E-state index contributed by atoms with van der Waals surface area (Å²) in [5, 5.41) is 11.1. The number of hydrogen-bond acceptors (Lipinski definition) is 7. The Labute approximate surface area is 150 Å². The number of nitro benzene ring substituents is 1. The summed E-state index contributed by atoms with van der Waals surface area (Å²) in [7, 11) is 4.37. The van der Waals surface area contributed by atoms with E-state index in [0.29, 0.717) is 11.5 Å². The maximum atomic E-state index is 12.2. The van der Waals surface area contributed by atoms with Gasteiger partial charge in [0.25, 0.3) is 0 Å². The monoisotopic (exact) mass is 361 g/mol. The van der Waals surface area contributed by atoms with Crippen molar-refractivity contribution in [1.29, 1.82) is 0 Å². The van der Waals surface area contributed by atoms with E-state index < -0.39 is 10.9 Å². The van der Waals surface area contributed by atoms with Crippen molar-refractivity contribution in [3.63, 3.8) is 0 Å². The fraction of sp³-hybridized carbons (Fsp3) is 0.278. The molecule has 0 N–H and O–H groups in total. The Morgan fingerprint density at radius 2 is 1.62 bits per heavy atom. The molecule has 2 rings (SSSR count). The van der Waals surface area contributed by atoms with Crippen LogP contribution in [0, 0.1) is 17.0 Å². The van der Waals surface area contributed by atoms with Gasteiger partial charge in [-0.3, -0.25) is 10.1 Å². The van der Waals surface area contributed by atoms with Crippen LogP contribution in [-0.2, 0) is 11.3 Å². The third kappa shape index (κ3) is 4.02. The van der Waals surface area contributed by atoms with Crippen molar-refractivity contribution in [2.24, 2.45) is 0 Å². The van der Waals surface area contributed by atoms with E-state index in [4.69, 9.17) is 18.9 Å². The molecule has 0 fully saturated rings. The highest BCUT2D eigenvalue weighted by Crippen LogP contribution is 2.31. The van der Waals surface area contributed by atoms with Gasteiger partial charge in [-0.1, -0.05) is 0 Å². The molecule has 8 nitrogen and oxygen atoms in total. The van der Waals surface area contributed by atoms with E-state index >= 15 is 0 Å². The summed E-state index contributed by atoms with van der Waals surface area (Å²) in [6.45, 7) is 1.84. The number of hydrogen-bond donors (Lipinski definition) is 0. The van der Waals surface area contributed by atoms with Crippen LogP contribution in [0.15, 0.2) is 30.3 Å². The summed E-state index contributed by atoms with van der Waals surface area (Å²) in [5.74, 6) is 0.488. The van der Waals surface area contributed by atoms with Crippen LogP contribution in [0.5, 0.6) is 17.2 Å². The van der Waals surface area contributed by atoms with Gasteiger partial charge in [0, 0.05) is 6.07 Å². The molecule has 138 valence electrons. The molecule has 26 heavy (non-hydrogen) atoms. The van der Waals surface area contributed by atoms with Gasteiger partial charge in [0.1, 0.15) is 6.61 Å². The van der Waals surface area contributed by atoms with E-state index in [1.807, 2.05) is 6.92 Å². The first kappa shape index (κ1) is 19.0. The van der Waals surface area contributed by atoms with E-state index in [1.165, 1.54) is 33.5 Å². The summed E-state index contributed by atoms with van der Waals surface area (Å²) in [6, 6.07) is 7.40. The van der Waals surface area contributed by atoms with Gasteiger partial charge in [-0.05, 0) is 42.3 Å². The molecule has 0 radical (unpaired) electrons. The Hall–Kier alpha value is -3.29. The minimum Gasteiger partial charge on any atom is -0.493 e. The second-order valence-electron chi connectivity index (χ2n) is 5.35. The zero-order chi connectivity index (χ0) is 19.3. The van der Waals surface area contributed by atoms with Gasteiger partial charge in [-0.15, -0.1) is 0 Å². The lowest BCUT2D eigenvalue weighted by atomic mass is 10.1. The van der Waals surface area contributed by atoms with E-state index in [1.54, 1.807) is 12.1 Å². The van der Waals surface area contributed by atoms with E-state index in [0.717, 1.165) is 17.2 Å². The van der Waals surface area contributed by atoms with Crippen molar-refractivity contribution in [2.45, 2.75) is 13.5 Å². The van der Waals surface area contributed by atoms with Crippen LogP contribution in [0.4, 0.5) is 5.69 Å². The molecular weight excluding hydrogens is 342 g/mol. The maximum Gasteiger partial charge on any atom is 0.338 e. The molecule has 0 unspecified atom stereocenters. The number of rotatable bonds is 7. The Bertz CT molecular complexity index is 833. The second kappa shape index (κ2) is 8.19. The number of nitrogens with zero attached hydrogens (tertiary/aromatic N) is 1. The highest BCUT2D eigenvalue weighted by atomic mass is 16.6. The van der Waals surface area contributed by atoms with Crippen LogP contribution in [0.3, 0.4) is 0 Å². The van der Waals surface area contributed by atoms with Crippen molar-refractivity contribution in [2.75, 3.05) is 21.3 Å². The largest absolute Gasteiger partial charge is 0.493 e. The second-order valence-corrected chi connectivity index (χ2v) is 5.35. The van der Waals surface area contributed by atoms with E-state index in [-0.39, 0.29) is 23.6 Å². The molecular formula is C18H19NO7. The van der Waals surface area contributed by atoms with Crippen LogP contribution in [0.25, 0.3) is 0 Å². The lowest BCUT2D eigenvalue weighted by Crippen LogP contribution is -2.07. The molecule has 2 aromatic rings. The number of benzene rings is 2. The Morgan fingerprint density at radius 3 is 2.19 bits per heavy atom. The molecule has 0 aromatic heterocycles. The third-order valence-corrected chi connectivity index (χ3v) is 3.81. The zero-order valence-corrected chi connectivity index (χ0v) is 14.9. The van der Waals surface area contributed by atoms with Crippen LogP contribution in [0.2, 0.25) is 0 Å². The predicted molar refractivity (Wildman–Crippen MR) is 93.1 cm³/mol. The molecule has 0 aliphatic rings. The number of methoxy groups -OCH3 is 3. The number of nitro groups is 1. The summed E-state index contributed by atoms with van der Waals surface area (Å²) in [5.41, 5.74) is 1.36. The maximum absolute atomic E-state index is 12.2. The summed E-state index contributed by atoms with van der Waals surface area (Å²) in [4.78, 5) is 22.7. The third-order valence-electron chi connectivity index (χ3n) is 3.81. The molecule has 0 aliphatic heterocycles. The number of ether oxygens (including phenoxy) is 4.